The van der Waals surface area contributed by atoms with Gasteiger partial charge in [-0.1, -0.05) is 54.6 Å². The third kappa shape index (κ3) is 2.63. The summed E-state index contributed by atoms with van der Waals surface area (Å²) in [6.07, 6.45) is 4.34. The van der Waals surface area contributed by atoms with Crippen LogP contribution in [0.3, 0.4) is 0 Å². The Bertz CT molecular complexity index is 1400. The molecule has 0 saturated heterocycles. The lowest BCUT2D eigenvalue weighted by atomic mass is 9.96. The lowest BCUT2D eigenvalue weighted by molar-refractivity contribution is -0.446. The van der Waals surface area contributed by atoms with Crippen molar-refractivity contribution in [2.24, 2.45) is 0 Å². The number of nitrogens with zero attached hydrogens (tertiary/aromatic N) is 4. The number of rotatable bonds is 3. The molecule has 146 valence electrons. The molecule has 0 amide bonds. The first-order chi connectivity index (χ1) is 14.6. The largest absolute Gasteiger partial charge is 0.349 e. The predicted octanol–water partition coefficient (Wildman–Crippen LogP) is 4.15. The minimum Gasteiger partial charge on any atom is -0.349 e. The van der Waals surface area contributed by atoms with Crippen molar-refractivity contribution in [3.63, 3.8) is 0 Å². The Morgan fingerprint density at radius 1 is 0.900 bits per heavy atom. The van der Waals surface area contributed by atoms with Crippen LogP contribution in [-0.4, -0.2) is 19.6 Å². The standard InChI is InChI=1S/C25H21N5/c1-16-28-29-24-21-15-20(17-5-3-2-4-6-17)23(27-22(21)11-14-30(16)24)18-7-9-19(10-8-18)25(26)12-13-25/h2-11,14-15H,12-13,26H2,1H3/p+1. The Balaban J connectivity index is 1.61. The van der Waals surface area contributed by atoms with Gasteiger partial charge in [0.15, 0.2) is 5.65 Å². The van der Waals surface area contributed by atoms with Crippen molar-refractivity contribution in [3.8, 4) is 22.4 Å². The van der Waals surface area contributed by atoms with Gasteiger partial charge in [0.2, 0.25) is 0 Å². The van der Waals surface area contributed by atoms with E-state index in [1.165, 1.54) is 18.4 Å². The van der Waals surface area contributed by atoms with Crippen LogP contribution in [0.5, 0.6) is 0 Å². The Morgan fingerprint density at radius 2 is 1.67 bits per heavy atom. The van der Waals surface area contributed by atoms with E-state index in [1.807, 2.05) is 29.7 Å². The topological polar surface area (TPSA) is 70.7 Å². The summed E-state index contributed by atoms with van der Waals surface area (Å²) in [4.78, 5) is 5.09. The molecule has 1 fully saturated rings. The number of aromatic nitrogens is 4. The molecular weight excluding hydrogens is 370 g/mol. The summed E-state index contributed by atoms with van der Waals surface area (Å²) in [6.45, 7) is 1.96. The third-order valence-electron chi connectivity index (χ3n) is 6.25. The van der Waals surface area contributed by atoms with Crippen LogP contribution in [-0.2, 0) is 5.54 Å². The molecule has 5 heteroatoms. The first-order valence-electron chi connectivity index (χ1n) is 10.3. The highest BCUT2D eigenvalue weighted by molar-refractivity contribution is 5.98. The molecule has 0 atom stereocenters. The second-order valence-corrected chi connectivity index (χ2v) is 8.30. The van der Waals surface area contributed by atoms with Crippen LogP contribution in [0.2, 0.25) is 0 Å². The minimum absolute atomic E-state index is 0.120. The third-order valence-corrected chi connectivity index (χ3v) is 6.25. The SMILES string of the molecule is Cc1nnc2c3cc(-c4ccccc4)c(-c4ccc(C5([NH3+])CC5)cc4)nc3ccn12. The summed E-state index contributed by atoms with van der Waals surface area (Å²) in [7, 11) is 0. The van der Waals surface area contributed by atoms with Gasteiger partial charge < -0.3 is 5.73 Å². The van der Waals surface area contributed by atoms with E-state index in [4.69, 9.17) is 4.98 Å². The lowest BCUT2D eigenvalue weighted by Gasteiger charge is -2.13. The second-order valence-electron chi connectivity index (χ2n) is 8.30. The first-order valence-corrected chi connectivity index (χ1v) is 10.3. The number of pyridine rings is 2. The maximum absolute atomic E-state index is 5.09. The molecule has 3 aromatic heterocycles. The van der Waals surface area contributed by atoms with Crippen molar-refractivity contribution < 1.29 is 5.73 Å². The lowest BCUT2D eigenvalue weighted by Crippen LogP contribution is -2.61. The highest BCUT2D eigenvalue weighted by atomic mass is 15.2. The number of benzene rings is 2. The zero-order valence-corrected chi connectivity index (χ0v) is 16.8. The molecule has 5 nitrogen and oxygen atoms in total. The molecule has 0 bridgehead atoms. The van der Waals surface area contributed by atoms with Crippen molar-refractivity contribution in [3.05, 3.63) is 84.3 Å². The van der Waals surface area contributed by atoms with E-state index in [0.717, 1.165) is 44.8 Å². The summed E-state index contributed by atoms with van der Waals surface area (Å²) >= 11 is 0. The molecule has 0 radical (unpaired) electrons. The zero-order valence-electron chi connectivity index (χ0n) is 16.8. The number of hydrogen-bond acceptors (Lipinski definition) is 3. The maximum Gasteiger partial charge on any atom is 0.170 e. The fourth-order valence-electron chi connectivity index (χ4n) is 4.19. The van der Waals surface area contributed by atoms with E-state index < -0.39 is 0 Å². The van der Waals surface area contributed by atoms with Gasteiger partial charge in [-0.2, -0.15) is 0 Å². The van der Waals surface area contributed by atoms with Crippen LogP contribution in [0.1, 0.15) is 24.2 Å². The van der Waals surface area contributed by atoms with Gasteiger partial charge >= 0.3 is 0 Å². The van der Waals surface area contributed by atoms with Crippen molar-refractivity contribution in [2.45, 2.75) is 25.3 Å². The fraction of sp³-hybridized carbons (Fsp3) is 0.160. The van der Waals surface area contributed by atoms with Gasteiger partial charge in [0, 0.05) is 41.1 Å². The van der Waals surface area contributed by atoms with E-state index >= 15 is 0 Å². The molecule has 5 aromatic rings. The maximum atomic E-state index is 5.09. The molecule has 1 aliphatic carbocycles. The highest BCUT2D eigenvalue weighted by Gasteiger charge is 2.44. The Kier molecular flexibility index (Phi) is 3.58. The molecule has 6 rings (SSSR count). The van der Waals surface area contributed by atoms with E-state index in [9.17, 15) is 0 Å². The van der Waals surface area contributed by atoms with Gasteiger partial charge in [0.1, 0.15) is 11.4 Å². The summed E-state index contributed by atoms with van der Waals surface area (Å²) < 4.78 is 2.01. The average Bonchev–Trinajstić information content (AvgIpc) is 3.44. The molecule has 3 N–H and O–H groups in total. The molecule has 2 aromatic carbocycles. The fourth-order valence-corrected chi connectivity index (χ4v) is 4.19. The van der Waals surface area contributed by atoms with Crippen LogP contribution in [0.4, 0.5) is 0 Å². The number of aryl methyl sites for hydroxylation is 1. The number of fused-ring (bicyclic) bond motifs is 3. The normalized spacial score (nSPS) is 15.0. The summed E-state index contributed by atoms with van der Waals surface area (Å²) in [5, 5.41) is 9.65. The van der Waals surface area contributed by atoms with E-state index in [-0.39, 0.29) is 5.54 Å². The van der Waals surface area contributed by atoms with Crippen molar-refractivity contribution >= 4 is 16.6 Å². The molecule has 0 spiro atoms. The highest BCUT2D eigenvalue weighted by Crippen LogP contribution is 2.41. The Hall–Kier alpha value is -3.57. The average molecular weight is 392 g/mol. The Morgan fingerprint density at radius 3 is 2.40 bits per heavy atom. The van der Waals surface area contributed by atoms with Crippen molar-refractivity contribution in [2.75, 3.05) is 0 Å². The van der Waals surface area contributed by atoms with Crippen LogP contribution in [0.25, 0.3) is 38.9 Å². The van der Waals surface area contributed by atoms with Gasteiger partial charge in [0.05, 0.1) is 11.2 Å². The van der Waals surface area contributed by atoms with Crippen LogP contribution in [0, 0.1) is 6.92 Å². The predicted molar refractivity (Wildman–Crippen MR) is 118 cm³/mol. The quantitative estimate of drug-likeness (QED) is 0.501. The number of hydrogen-bond donors (Lipinski definition) is 1. The number of quaternary nitrogens is 1. The van der Waals surface area contributed by atoms with Crippen LogP contribution in [0.15, 0.2) is 72.9 Å². The van der Waals surface area contributed by atoms with Gasteiger partial charge in [-0.05, 0) is 24.6 Å². The van der Waals surface area contributed by atoms with E-state index in [2.05, 4.69) is 70.5 Å². The van der Waals surface area contributed by atoms with Crippen molar-refractivity contribution in [1.29, 1.82) is 0 Å². The Labute approximate surface area is 174 Å². The van der Waals surface area contributed by atoms with Gasteiger partial charge in [-0.3, -0.25) is 4.40 Å². The van der Waals surface area contributed by atoms with Crippen molar-refractivity contribution in [1.82, 2.24) is 19.6 Å². The molecular formula is C25H22N5+. The molecule has 3 heterocycles. The molecule has 1 aliphatic rings. The summed E-state index contributed by atoms with van der Waals surface area (Å²) in [5.74, 6) is 0.870. The van der Waals surface area contributed by atoms with Crippen LogP contribution < -0.4 is 5.73 Å². The van der Waals surface area contributed by atoms with E-state index in [1.54, 1.807) is 0 Å². The van der Waals surface area contributed by atoms with Gasteiger partial charge in [0.25, 0.3) is 0 Å². The van der Waals surface area contributed by atoms with Gasteiger partial charge in [-0.25, -0.2) is 4.98 Å². The smallest absolute Gasteiger partial charge is 0.170 e. The summed E-state index contributed by atoms with van der Waals surface area (Å²) in [5.41, 5.74) is 11.9. The second kappa shape index (κ2) is 6.21. The monoisotopic (exact) mass is 392 g/mol. The summed E-state index contributed by atoms with van der Waals surface area (Å²) in [6, 6.07) is 23.5. The minimum atomic E-state index is 0.120. The molecule has 30 heavy (non-hydrogen) atoms. The molecule has 0 unspecified atom stereocenters. The van der Waals surface area contributed by atoms with Gasteiger partial charge in [-0.15, -0.1) is 10.2 Å². The van der Waals surface area contributed by atoms with Crippen LogP contribution >= 0.6 is 0 Å². The first kappa shape index (κ1) is 17.3. The molecule has 0 aliphatic heterocycles. The van der Waals surface area contributed by atoms with E-state index in [0.29, 0.717) is 0 Å². The molecule has 1 saturated carbocycles. The zero-order chi connectivity index (χ0) is 20.3.